The largest absolute Gasteiger partial charge is 0.310 e. The zero-order valence-corrected chi connectivity index (χ0v) is 41.3. The van der Waals surface area contributed by atoms with Crippen molar-refractivity contribution in [2.75, 3.05) is 9.80 Å². The quantitative estimate of drug-likeness (QED) is 0.135. The van der Waals surface area contributed by atoms with Gasteiger partial charge in [-0.1, -0.05) is 231 Å². The minimum absolute atomic E-state index is 0.536. The lowest BCUT2D eigenvalue weighted by molar-refractivity contribution is 0.793. The van der Waals surface area contributed by atoms with Crippen LogP contribution in [-0.2, 0) is 5.41 Å². The molecule has 12 aromatic rings. The molecule has 0 aliphatic heterocycles. The van der Waals surface area contributed by atoms with Crippen LogP contribution in [0.1, 0.15) is 22.3 Å². The Kier molecular flexibility index (Phi) is 10.8. The fourth-order valence-corrected chi connectivity index (χ4v) is 12.1. The molecule has 0 radical (unpaired) electrons. The summed E-state index contributed by atoms with van der Waals surface area (Å²) in [7, 11) is 0. The Balaban J connectivity index is 1.01. The number of anilines is 6. The number of hydrogen-bond acceptors (Lipinski definition) is 2. The molecule has 75 heavy (non-hydrogen) atoms. The van der Waals surface area contributed by atoms with Gasteiger partial charge in [-0.25, -0.2) is 0 Å². The average Bonchev–Trinajstić information content (AvgIpc) is 3.97. The molecule has 0 heterocycles. The molecule has 0 atom stereocenters. The molecule has 14 rings (SSSR count). The molecular formula is C73H50N2. The third kappa shape index (κ3) is 7.49. The van der Waals surface area contributed by atoms with Crippen molar-refractivity contribution in [3.8, 4) is 66.8 Å². The van der Waals surface area contributed by atoms with Crippen LogP contribution in [0, 0.1) is 0 Å². The fourth-order valence-electron chi connectivity index (χ4n) is 12.1. The molecule has 2 aliphatic rings. The summed E-state index contributed by atoms with van der Waals surface area (Å²) in [5.41, 5.74) is 25.6. The maximum Gasteiger partial charge on any atom is 0.0725 e. The molecule has 0 amide bonds. The van der Waals surface area contributed by atoms with E-state index in [2.05, 4.69) is 313 Å². The van der Waals surface area contributed by atoms with Gasteiger partial charge in [0.1, 0.15) is 0 Å². The minimum atomic E-state index is -0.536. The first-order chi connectivity index (χ1) is 37.2. The second kappa shape index (κ2) is 18.4. The van der Waals surface area contributed by atoms with Gasteiger partial charge in [-0.2, -0.15) is 0 Å². The van der Waals surface area contributed by atoms with E-state index in [1.54, 1.807) is 0 Å². The molecular weight excluding hydrogens is 905 g/mol. The highest BCUT2D eigenvalue weighted by Crippen LogP contribution is 2.64. The first kappa shape index (κ1) is 44.0. The zero-order chi connectivity index (χ0) is 49.7. The van der Waals surface area contributed by atoms with E-state index in [9.17, 15) is 0 Å². The summed E-state index contributed by atoms with van der Waals surface area (Å²) in [5.74, 6) is 0. The van der Waals surface area contributed by atoms with Crippen LogP contribution in [0.25, 0.3) is 66.8 Å². The van der Waals surface area contributed by atoms with Crippen LogP contribution < -0.4 is 9.80 Å². The Labute approximate surface area is 439 Å². The molecule has 2 nitrogen and oxygen atoms in total. The molecule has 0 fully saturated rings. The third-order valence-electron chi connectivity index (χ3n) is 15.4. The molecule has 0 unspecified atom stereocenters. The van der Waals surface area contributed by atoms with Gasteiger partial charge >= 0.3 is 0 Å². The van der Waals surface area contributed by atoms with Gasteiger partial charge in [0.25, 0.3) is 0 Å². The normalized spacial score (nSPS) is 12.4. The first-order valence-corrected chi connectivity index (χ1v) is 25.9. The van der Waals surface area contributed by atoms with Crippen LogP contribution in [-0.4, -0.2) is 0 Å². The Morgan fingerprint density at radius 3 is 0.747 bits per heavy atom. The summed E-state index contributed by atoms with van der Waals surface area (Å²) in [6.07, 6.45) is 0. The van der Waals surface area contributed by atoms with Gasteiger partial charge in [0.15, 0.2) is 0 Å². The van der Waals surface area contributed by atoms with Crippen molar-refractivity contribution in [3.05, 3.63) is 326 Å². The van der Waals surface area contributed by atoms with Crippen LogP contribution in [0.4, 0.5) is 34.1 Å². The number of hydrogen-bond donors (Lipinski definition) is 0. The van der Waals surface area contributed by atoms with Gasteiger partial charge in [-0.3, -0.25) is 0 Å². The highest BCUT2D eigenvalue weighted by Gasteiger charge is 2.52. The molecule has 0 saturated heterocycles. The predicted molar refractivity (Wildman–Crippen MR) is 314 cm³/mol. The lowest BCUT2D eigenvalue weighted by Gasteiger charge is -2.32. The smallest absolute Gasteiger partial charge is 0.0725 e. The van der Waals surface area contributed by atoms with Gasteiger partial charge in [0.2, 0.25) is 0 Å². The van der Waals surface area contributed by atoms with E-state index < -0.39 is 5.41 Å². The van der Waals surface area contributed by atoms with Crippen molar-refractivity contribution in [1.82, 2.24) is 0 Å². The lowest BCUT2D eigenvalue weighted by atomic mass is 9.70. The summed E-state index contributed by atoms with van der Waals surface area (Å²) in [4.78, 5) is 4.89. The Morgan fingerprint density at radius 1 is 0.173 bits per heavy atom. The topological polar surface area (TPSA) is 6.48 Å². The summed E-state index contributed by atoms with van der Waals surface area (Å²) >= 11 is 0. The average molecular weight is 955 g/mol. The van der Waals surface area contributed by atoms with Crippen molar-refractivity contribution in [2.45, 2.75) is 5.41 Å². The Hall–Kier alpha value is -9.76. The zero-order valence-electron chi connectivity index (χ0n) is 41.3. The maximum absolute atomic E-state index is 2.47. The van der Waals surface area contributed by atoms with Crippen LogP contribution in [0.3, 0.4) is 0 Å². The molecule has 2 aliphatic carbocycles. The van der Waals surface area contributed by atoms with E-state index in [0.717, 1.165) is 34.1 Å². The van der Waals surface area contributed by atoms with E-state index >= 15 is 0 Å². The fraction of sp³-hybridized carbons (Fsp3) is 0.0137. The summed E-state index contributed by atoms with van der Waals surface area (Å²) in [6.45, 7) is 0. The summed E-state index contributed by atoms with van der Waals surface area (Å²) in [5, 5.41) is 0. The molecule has 2 heteroatoms. The van der Waals surface area contributed by atoms with Gasteiger partial charge in [-0.15, -0.1) is 0 Å². The van der Waals surface area contributed by atoms with Gasteiger partial charge in [0, 0.05) is 34.1 Å². The van der Waals surface area contributed by atoms with Crippen LogP contribution in [0.5, 0.6) is 0 Å². The predicted octanol–water partition coefficient (Wildman–Crippen LogP) is 19.6. The second-order valence-corrected chi connectivity index (χ2v) is 19.6. The molecule has 0 saturated carbocycles. The molecule has 0 N–H and O–H groups in total. The molecule has 0 bridgehead atoms. The van der Waals surface area contributed by atoms with Gasteiger partial charge in [0.05, 0.1) is 5.41 Å². The SMILES string of the molecule is c1ccc(-c2cccc(N(c3cccc(-c4ccccc4)c3)c3ccc4c(c3)-c3cc(N(c5cccc(-c6ccccc6)c5)c5cccc(-c6ccccc6)c5)ccc3C43c4ccccc4-c4ccccc43)c2)cc1. The molecule has 352 valence electrons. The Morgan fingerprint density at radius 2 is 0.427 bits per heavy atom. The van der Waals surface area contributed by atoms with Crippen molar-refractivity contribution in [1.29, 1.82) is 0 Å². The standard InChI is InChI=1S/C73H50N2/c1-5-21-51(22-6-1)55-29-17-33-59(45-55)74(60-34-18-30-56(46-60)52-23-7-2-8-24-52)63-41-43-71-67(49-63)68-50-64(42-44-72(68)73(71)69-39-15-13-37-65(69)66-38-14-16-40-70(66)73)75(61-35-19-31-57(47-61)53-25-9-3-10-26-53)62-36-20-32-58(48-62)54-27-11-4-12-28-54/h1-50H. The van der Waals surface area contributed by atoms with Crippen molar-refractivity contribution >= 4 is 34.1 Å². The van der Waals surface area contributed by atoms with E-state index in [0.29, 0.717) is 0 Å². The highest BCUT2D eigenvalue weighted by atomic mass is 15.1. The van der Waals surface area contributed by atoms with E-state index in [1.165, 1.54) is 89.0 Å². The van der Waals surface area contributed by atoms with Gasteiger partial charge in [-0.05, 0) is 162 Å². The van der Waals surface area contributed by atoms with E-state index in [-0.39, 0.29) is 0 Å². The maximum atomic E-state index is 2.47. The Bertz CT molecular complexity index is 3640. The van der Waals surface area contributed by atoms with Gasteiger partial charge < -0.3 is 9.80 Å². The molecule has 12 aromatic carbocycles. The van der Waals surface area contributed by atoms with Crippen molar-refractivity contribution in [2.24, 2.45) is 0 Å². The molecule has 0 aromatic heterocycles. The van der Waals surface area contributed by atoms with Crippen molar-refractivity contribution in [3.63, 3.8) is 0 Å². The third-order valence-corrected chi connectivity index (χ3v) is 15.4. The monoisotopic (exact) mass is 954 g/mol. The minimum Gasteiger partial charge on any atom is -0.310 e. The van der Waals surface area contributed by atoms with Crippen LogP contribution in [0.2, 0.25) is 0 Å². The summed E-state index contributed by atoms with van der Waals surface area (Å²) in [6, 6.07) is 111. The first-order valence-electron chi connectivity index (χ1n) is 25.9. The number of fused-ring (bicyclic) bond motifs is 10. The van der Waals surface area contributed by atoms with Crippen molar-refractivity contribution < 1.29 is 0 Å². The lowest BCUT2D eigenvalue weighted by Crippen LogP contribution is -2.26. The summed E-state index contributed by atoms with van der Waals surface area (Å²) < 4.78 is 0. The number of rotatable bonds is 10. The van der Waals surface area contributed by atoms with Crippen LogP contribution in [0.15, 0.2) is 303 Å². The number of benzene rings is 12. The highest BCUT2D eigenvalue weighted by molar-refractivity contribution is 5.98. The van der Waals surface area contributed by atoms with E-state index in [1.807, 2.05) is 0 Å². The molecule has 1 spiro atoms. The second-order valence-electron chi connectivity index (χ2n) is 19.6. The number of nitrogens with zero attached hydrogens (tertiary/aromatic N) is 2. The van der Waals surface area contributed by atoms with Crippen LogP contribution >= 0.6 is 0 Å². The van der Waals surface area contributed by atoms with E-state index in [4.69, 9.17) is 0 Å².